The molecule has 0 N–H and O–H groups in total. The van der Waals surface area contributed by atoms with Crippen LogP contribution in [0, 0.1) is 6.61 Å². The molecular weight excluding hydrogens is 152 g/mol. The van der Waals surface area contributed by atoms with Crippen molar-refractivity contribution in [2.45, 2.75) is 39.5 Å². The molecule has 0 aliphatic heterocycles. The molecule has 0 bridgehead atoms. The van der Waals surface area contributed by atoms with Crippen molar-refractivity contribution >= 4 is 0 Å². The molecule has 0 unspecified atom stereocenters. The summed E-state index contributed by atoms with van der Waals surface area (Å²) in [7, 11) is 0. The molecule has 12 heavy (non-hydrogen) atoms. The number of ether oxygens (including phenoxy) is 2. The van der Waals surface area contributed by atoms with Crippen molar-refractivity contribution in [3.05, 3.63) is 6.61 Å². The minimum Gasteiger partial charge on any atom is -0.379 e. The van der Waals surface area contributed by atoms with Crippen LogP contribution >= 0.6 is 0 Å². The van der Waals surface area contributed by atoms with E-state index in [0.717, 1.165) is 32.5 Å². The summed E-state index contributed by atoms with van der Waals surface area (Å²) in [6.45, 7) is 8.45. The van der Waals surface area contributed by atoms with Gasteiger partial charge in [0, 0.05) is 6.61 Å². The van der Waals surface area contributed by atoms with Gasteiger partial charge < -0.3 is 9.47 Å². The lowest BCUT2D eigenvalue weighted by Crippen LogP contribution is -2.03. The molecule has 0 heterocycles. The second-order valence-electron chi connectivity index (χ2n) is 2.79. The second-order valence-corrected chi connectivity index (χ2v) is 2.79. The molecule has 1 radical (unpaired) electrons. The van der Waals surface area contributed by atoms with Crippen molar-refractivity contribution in [2.75, 3.05) is 19.8 Å². The summed E-state index contributed by atoms with van der Waals surface area (Å²) < 4.78 is 10.5. The largest absolute Gasteiger partial charge is 0.379 e. The maximum atomic E-state index is 5.31. The molecule has 0 rings (SSSR count). The van der Waals surface area contributed by atoms with Crippen LogP contribution in [0.15, 0.2) is 0 Å². The first-order valence-electron chi connectivity index (χ1n) is 4.92. The summed E-state index contributed by atoms with van der Waals surface area (Å²) in [5.74, 6) is 0. The highest BCUT2D eigenvalue weighted by Gasteiger charge is 1.89. The minimum absolute atomic E-state index is 0.698. The number of hydrogen-bond donors (Lipinski definition) is 0. The zero-order valence-corrected chi connectivity index (χ0v) is 8.34. The van der Waals surface area contributed by atoms with Crippen LogP contribution in [0.25, 0.3) is 0 Å². The number of hydrogen-bond acceptors (Lipinski definition) is 2. The van der Waals surface area contributed by atoms with Gasteiger partial charge in [-0.25, -0.2) is 0 Å². The Bertz CT molecular complexity index is 64.2. The SMILES string of the molecule is CCC[CH]OCCOCCCC. The van der Waals surface area contributed by atoms with Crippen LogP contribution < -0.4 is 0 Å². The highest BCUT2D eigenvalue weighted by Crippen LogP contribution is 1.94. The van der Waals surface area contributed by atoms with E-state index in [1.807, 2.05) is 6.61 Å². The first-order valence-corrected chi connectivity index (χ1v) is 4.92. The van der Waals surface area contributed by atoms with Crippen LogP contribution in [0.4, 0.5) is 0 Å². The van der Waals surface area contributed by atoms with E-state index in [9.17, 15) is 0 Å². The van der Waals surface area contributed by atoms with Gasteiger partial charge in [0.05, 0.1) is 19.8 Å². The Kier molecular flexibility index (Phi) is 10.8. The van der Waals surface area contributed by atoms with Crippen LogP contribution in [0.1, 0.15) is 39.5 Å². The molecule has 2 heteroatoms. The second kappa shape index (κ2) is 10.9. The molecule has 0 aromatic heterocycles. The molecule has 0 saturated heterocycles. The Morgan fingerprint density at radius 2 is 1.83 bits per heavy atom. The highest BCUT2D eigenvalue weighted by molar-refractivity contribution is 4.47. The third-order valence-corrected chi connectivity index (χ3v) is 1.51. The van der Waals surface area contributed by atoms with Crippen LogP contribution in [-0.2, 0) is 9.47 Å². The molecule has 73 valence electrons. The summed E-state index contributed by atoms with van der Waals surface area (Å²) in [5.41, 5.74) is 0. The predicted octanol–water partition coefficient (Wildman–Crippen LogP) is 2.78. The molecule has 0 aliphatic carbocycles. The fraction of sp³-hybridized carbons (Fsp3) is 0.900. The van der Waals surface area contributed by atoms with Crippen molar-refractivity contribution in [1.82, 2.24) is 0 Å². The minimum atomic E-state index is 0.698. The fourth-order valence-electron chi connectivity index (χ4n) is 0.740. The molecule has 0 aromatic rings. The van der Waals surface area contributed by atoms with Crippen molar-refractivity contribution in [3.8, 4) is 0 Å². The lowest BCUT2D eigenvalue weighted by Gasteiger charge is -2.03. The molecule has 0 saturated carbocycles. The number of unbranched alkanes of at least 4 members (excludes halogenated alkanes) is 2. The van der Waals surface area contributed by atoms with Crippen molar-refractivity contribution in [3.63, 3.8) is 0 Å². The van der Waals surface area contributed by atoms with Gasteiger partial charge in [-0.15, -0.1) is 0 Å². The van der Waals surface area contributed by atoms with Crippen molar-refractivity contribution < 1.29 is 9.47 Å². The molecule has 0 fully saturated rings. The number of rotatable bonds is 9. The lowest BCUT2D eigenvalue weighted by molar-refractivity contribution is 0.0684. The third kappa shape index (κ3) is 9.92. The van der Waals surface area contributed by atoms with E-state index in [0.29, 0.717) is 6.61 Å². The van der Waals surface area contributed by atoms with Gasteiger partial charge in [-0.05, 0) is 12.8 Å². The normalized spacial score (nSPS) is 10.5. The molecule has 0 spiro atoms. The highest BCUT2D eigenvalue weighted by atomic mass is 16.5. The molecule has 0 amide bonds. The van der Waals surface area contributed by atoms with E-state index in [4.69, 9.17) is 9.47 Å². The monoisotopic (exact) mass is 173 g/mol. The average Bonchev–Trinajstić information content (AvgIpc) is 2.10. The fourth-order valence-corrected chi connectivity index (χ4v) is 0.740. The summed E-state index contributed by atoms with van der Waals surface area (Å²) in [4.78, 5) is 0. The average molecular weight is 173 g/mol. The Balaban J connectivity index is 2.73. The summed E-state index contributed by atoms with van der Waals surface area (Å²) in [6.07, 6.45) is 4.53. The Hall–Kier alpha value is -0.0800. The quantitative estimate of drug-likeness (QED) is 0.499. The van der Waals surface area contributed by atoms with Gasteiger partial charge in [-0.3, -0.25) is 0 Å². The van der Waals surface area contributed by atoms with Gasteiger partial charge in [0.1, 0.15) is 0 Å². The third-order valence-electron chi connectivity index (χ3n) is 1.51. The van der Waals surface area contributed by atoms with Crippen LogP contribution in [-0.4, -0.2) is 19.8 Å². The van der Waals surface area contributed by atoms with Gasteiger partial charge in [-0.1, -0.05) is 26.7 Å². The molecule has 0 aromatic carbocycles. The Morgan fingerprint density at radius 3 is 2.50 bits per heavy atom. The lowest BCUT2D eigenvalue weighted by atomic mass is 10.4. The van der Waals surface area contributed by atoms with E-state index in [2.05, 4.69) is 13.8 Å². The van der Waals surface area contributed by atoms with E-state index in [-0.39, 0.29) is 0 Å². The molecule has 0 atom stereocenters. The standard InChI is InChI=1S/C10H21O2/c1-3-5-7-11-9-10-12-8-6-4-2/h7H,3-6,8-10H2,1-2H3. The van der Waals surface area contributed by atoms with Crippen LogP contribution in [0.2, 0.25) is 0 Å². The smallest absolute Gasteiger partial charge is 0.0837 e. The van der Waals surface area contributed by atoms with Gasteiger partial charge in [0.25, 0.3) is 0 Å². The molecule has 0 aliphatic rings. The Morgan fingerprint density at radius 1 is 1.00 bits per heavy atom. The van der Waals surface area contributed by atoms with Crippen molar-refractivity contribution in [2.24, 2.45) is 0 Å². The topological polar surface area (TPSA) is 18.5 Å². The first-order chi connectivity index (χ1) is 5.91. The van der Waals surface area contributed by atoms with E-state index < -0.39 is 0 Å². The summed E-state index contributed by atoms with van der Waals surface area (Å²) in [6, 6.07) is 0. The predicted molar refractivity (Wildman–Crippen MR) is 50.9 cm³/mol. The molecular formula is C10H21O2. The van der Waals surface area contributed by atoms with Gasteiger partial charge in [0.15, 0.2) is 0 Å². The first kappa shape index (κ1) is 11.9. The molecule has 2 nitrogen and oxygen atoms in total. The van der Waals surface area contributed by atoms with Gasteiger partial charge >= 0.3 is 0 Å². The Labute approximate surface area is 76.3 Å². The van der Waals surface area contributed by atoms with Gasteiger partial charge in [0.2, 0.25) is 0 Å². The maximum Gasteiger partial charge on any atom is 0.0837 e. The van der Waals surface area contributed by atoms with Crippen molar-refractivity contribution in [1.29, 1.82) is 0 Å². The summed E-state index contributed by atoms with van der Waals surface area (Å²) in [5, 5.41) is 0. The van der Waals surface area contributed by atoms with Crippen LogP contribution in [0.3, 0.4) is 0 Å². The zero-order chi connectivity index (χ0) is 9.07. The van der Waals surface area contributed by atoms with E-state index >= 15 is 0 Å². The van der Waals surface area contributed by atoms with E-state index in [1.165, 1.54) is 6.42 Å². The van der Waals surface area contributed by atoms with E-state index in [1.54, 1.807) is 0 Å². The maximum absolute atomic E-state index is 5.31. The summed E-state index contributed by atoms with van der Waals surface area (Å²) >= 11 is 0. The zero-order valence-electron chi connectivity index (χ0n) is 8.34. The van der Waals surface area contributed by atoms with Crippen LogP contribution in [0.5, 0.6) is 0 Å². The van der Waals surface area contributed by atoms with Gasteiger partial charge in [-0.2, -0.15) is 0 Å².